The SMILES string of the molecule is Cc1ccc(C(O)C[C@]2(CO)CCC3=Cc4c(cnn4-c4ccc(F)cc4)C[C@@]32C)nc1. The summed E-state index contributed by atoms with van der Waals surface area (Å²) in [7, 11) is 0. The number of aliphatic hydroxyl groups is 2. The van der Waals surface area contributed by atoms with E-state index in [1.165, 1.54) is 17.7 Å². The van der Waals surface area contributed by atoms with Gasteiger partial charge < -0.3 is 10.2 Å². The van der Waals surface area contributed by atoms with Crippen LogP contribution < -0.4 is 0 Å². The van der Waals surface area contributed by atoms with E-state index in [4.69, 9.17) is 0 Å². The normalized spacial score (nSPS) is 25.2. The third kappa shape index (κ3) is 3.21. The van der Waals surface area contributed by atoms with E-state index in [9.17, 15) is 14.6 Å². The second-order valence-electron chi connectivity index (χ2n) is 9.54. The fourth-order valence-corrected chi connectivity index (χ4v) is 5.61. The number of rotatable bonds is 5. The van der Waals surface area contributed by atoms with Crippen LogP contribution in [0.4, 0.5) is 4.39 Å². The van der Waals surface area contributed by atoms with Crippen molar-refractivity contribution in [2.75, 3.05) is 6.61 Å². The number of aryl methyl sites for hydroxylation is 1. The molecule has 2 aromatic heterocycles. The van der Waals surface area contributed by atoms with Crippen molar-refractivity contribution < 1.29 is 14.6 Å². The molecule has 1 aromatic carbocycles. The molecule has 3 aromatic rings. The Morgan fingerprint density at radius 2 is 1.94 bits per heavy atom. The van der Waals surface area contributed by atoms with Crippen LogP contribution in [-0.2, 0) is 6.42 Å². The van der Waals surface area contributed by atoms with Crippen LogP contribution in [0, 0.1) is 23.6 Å². The number of nitrogens with zero attached hydrogens (tertiary/aromatic N) is 3. The van der Waals surface area contributed by atoms with Crippen LogP contribution >= 0.6 is 0 Å². The van der Waals surface area contributed by atoms with Crippen LogP contribution in [0.5, 0.6) is 0 Å². The molecule has 2 aliphatic rings. The number of fused-ring (bicyclic) bond motifs is 2. The molecule has 5 rings (SSSR count). The smallest absolute Gasteiger partial charge is 0.123 e. The summed E-state index contributed by atoms with van der Waals surface area (Å²) in [4.78, 5) is 4.41. The van der Waals surface area contributed by atoms with E-state index in [1.807, 2.05) is 29.9 Å². The standard InChI is InChI=1S/C26H28FN3O2/c1-17-3-8-22(28-14-17)24(32)13-26(16-31)10-9-19-11-23-18(12-25(19,26)2)15-29-30(23)21-6-4-20(27)5-7-21/h3-8,11,14-15,24,31-32H,9-10,12-13,16H2,1-2H3/t24?,25-,26-/m0/s1. The summed E-state index contributed by atoms with van der Waals surface area (Å²) >= 11 is 0. The molecule has 1 saturated carbocycles. The molecular formula is C26H28FN3O2. The summed E-state index contributed by atoms with van der Waals surface area (Å²) < 4.78 is 15.2. The largest absolute Gasteiger partial charge is 0.396 e. The fourth-order valence-electron chi connectivity index (χ4n) is 5.61. The Balaban J connectivity index is 1.48. The first-order valence-electron chi connectivity index (χ1n) is 11.1. The minimum atomic E-state index is -0.734. The molecule has 2 aliphatic carbocycles. The number of allylic oxidation sites excluding steroid dienone is 1. The number of hydrogen-bond acceptors (Lipinski definition) is 4. The highest BCUT2D eigenvalue weighted by Gasteiger charge is 2.56. The van der Waals surface area contributed by atoms with Crippen LogP contribution in [-0.4, -0.2) is 31.6 Å². The molecule has 2 N–H and O–H groups in total. The molecule has 6 heteroatoms. The predicted octanol–water partition coefficient (Wildman–Crippen LogP) is 4.56. The second-order valence-corrected chi connectivity index (χ2v) is 9.54. The highest BCUT2D eigenvalue weighted by atomic mass is 19.1. The van der Waals surface area contributed by atoms with E-state index in [2.05, 4.69) is 23.1 Å². The highest BCUT2D eigenvalue weighted by Crippen LogP contribution is 2.62. The fraction of sp³-hybridized carbons (Fsp3) is 0.385. The van der Waals surface area contributed by atoms with Gasteiger partial charge in [0.15, 0.2) is 0 Å². The summed E-state index contributed by atoms with van der Waals surface area (Å²) in [6.07, 6.45) is 7.95. The number of aliphatic hydroxyl groups excluding tert-OH is 2. The first-order valence-corrected chi connectivity index (χ1v) is 11.1. The maximum absolute atomic E-state index is 13.4. The molecule has 3 atom stereocenters. The van der Waals surface area contributed by atoms with Crippen LogP contribution in [0.1, 0.15) is 54.8 Å². The molecule has 0 bridgehead atoms. The van der Waals surface area contributed by atoms with Crippen LogP contribution in [0.25, 0.3) is 11.8 Å². The van der Waals surface area contributed by atoms with Crippen molar-refractivity contribution in [2.45, 2.75) is 45.6 Å². The maximum atomic E-state index is 13.4. The van der Waals surface area contributed by atoms with E-state index < -0.39 is 11.5 Å². The minimum Gasteiger partial charge on any atom is -0.396 e. The highest BCUT2D eigenvalue weighted by molar-refractivity contribution is 5.62. The van der Waals surface area contributed by atoms with Crippen molar-refractivity contribution in [1.82, 2.24) is 14.8 Å². The Kier molecular flexibility index (Phi) is 5.02. The third-order valence-electron chi connectivity index (χ3n) is 7.73. The zero-order valence-electron chi connectivity index (χ0n) is 18.4. The molecule has 5 nitrogen and oxygen atoms in total. The molecule has 0 radical (unpaired) electrons. The van der Waals surface area contributed by atoms with Gasteiger partial charge in [0.05, 0.1) is 29.4 Å². The lowest BCUT2D eigenvalue weighted by Gasteiger charge is -2.46. The van der Waals surface area contributed by atoms with Gasteiger partial charge in [-0.25, -0.2) is 9.07 Å². The average molecular weight is 434 g/mol. The van der Waals surface area contributed by atoms with Gasteiger partial charge in [-0.1, -0.05) is 18.6 Å². The summed E-state index contributed by atoms with van der Waals surface area (Å²) in [5.74, 6) is -0.272. The molecule has 2 heterocycles. The number of hydrogen-bond donors (Lipinski definition) is 2. The molecule has 0 saturated heterocycles. The summed E-state index contributed by atoms with van der Waals surface area (Å²) in [5, 5.41) is 26.2. The molecular weight excluding hydrogens is 405 g/mol. The van der Waals surface area contributed by atoms with E-state index in [-0.39, 0.29) is 17.8 Å². The average Bonchev–Trinajstić information content (AvgIpc) is 3.31. The number of pyridine rings is 1. The van der Waals surface area contributed by atoms with Crippen molar-refractivity contribution in [3.8, 4) is 5.69 Å². The Morgan fingerprint density at radius 1 is 1.16 bits per heavy atom. The van der Waals surface area contributed by atoms with Crippen LogP contribution in [0.3, 0.4) is 0 Å². The summed E-state index contributed by atoms with van der Waals surface area (Å²) in [6.45, 7) is 4.18. The number of halogens is 1. The number of benzene rings is 1. The van der Waals surface area contributed by atoms with Gasteiger partial charge in [-0.05, 0) is 80.1 Å². The van der Waals surface area contributed by atoms with E-state index >= 15 is 0 Å². The first kappa shape index (κ1) is 21.0. The Morgan fingerprint density at radius 3 is 2.62 bits per heavy atom. The van der Waals surface area contributed by atoms with Gasteiger partial charge in [0, 0.05) is 23.6 Å². The Hall–Kier alpha value is -2.83. The molecule has 0 aliphatic heterocycles. The molecule has 0 spiro atoms. The zero-order chi connectivity index (χ0) is 22.5. The van der Waals surface area contributed by atoms with Crippen molar-refractivity contribution in [3.63, 3.8) is 0 Å². The van der Waals surface area contributed by atoms with Crippen molar-refractivity contribution in [1.29, 1.82) is 0 Å². The van der Waals surface area contributed by atoms with Crippen LogP contribution in [0.2, 0.25) is 0 Å². The topological polar surface area (TPSA) is 71.2 Å². The van der Waals surface area contributed by atoms with E-state index in [1.54, 1.807) is 18.3 Å². The van der Waals surface area contributed by atoms with Gasteiger partial charge in [-0.3, -0.25) is 4.98 Å². The van der Waals surface area contributed by atoms with Crippen LogP contribution in [0.15, 0.2) is 54.4 Å². The molecule has 0 amide bonds. The van der Waals surface area contributed by atoms with Gasteiger partial charge in [0.1, 0.15) is 5.82 Å². The third-order valence-corrected chi connectivity index (χ3v) is 7.73. The second kappa shape index (κ2) is 7.64. The maximum Gasteiger partial charge on any atom is 0.123 e. The van der Waals surface area contributed by atoms with Gasteiger partial charge >= 0.3 is 0 Å². The lowest BCUT2D eigenvalue weighted by atomic mass is 9.59. The lowest BCUT2D eigenvalue weighted by molar-refractivity contribution is -0.0149. The lowest BCUT2D eigenvalue weighted by Crippen LogP contribution is -2.43. The predicted molar refractivity (Wildman–Crippen MR) is 121 cm³/mol. The molecule has 32 heavy (non-hydrogen) atoms. The first-order chi connectivity index (χ1) is 15.3. The van der Waals surface area contributed by atoms with Crippen molar-refractivity contribution in [3.05, 3.63) is 82.7 Å². The van der Waals surface area contributed by atoms with E-state index in [0.29, 0.717) is 12.1 Å². The minimum absolute atomic E-state index is 0.00515. The quantitative estimate of drug-likeness (QED) is 0.619. The molecule has 1 fully saturated rings. The summed E-state index contributed by atoms with van der Waals surface area (Å²) in [6, 6.07) is 10.2. The number of aromatic nitrogens is 3. The van der Waals surface area contributed by atoms with Crippen molar-refractivity contribution >= 4 is 6.08 Å². The monoisotopic (exact) mass is 433 g/mol. The Bertz CT molecular complexity index is 1170. The zero-order valence-corrected chi connectivity index (χ0v) is 18.4. The molecule has 166 valence electrons. The van der Waals surface area contributed by atoms with Gasteiger partial charge in [0.25, 0.3) is 0 Å². The van der Waals surface area contributed by atoms with Gasteiger partial charge in [-0.2, -0.15) is 5.10 Å². The van der Waals surface area contributed by atoms with Crippen molar-refractivity contribution in [2.24, 2.45) is 10.8 Å². The van der Waals surface area contributed by atoms with E-state index in [0.717, 1.165) is 41.8 Å². The Labute approximate surface area is 187 Å². The van der Waals surface area contributed by atoms with Gasteiger partial charge in [0.2, 0.25) is 0 Å². The summed E-state index contributed by atoms with van der Waals surface area (Å²) in [5.41, 5.74) is 5.17. The van der Waals surface area contributed by atoms with Gasteiger partial charge in [-0.15, -0.1) is 0 Å². The molecule has 1 unspecified atom stereocenters.